The molecule has 0 fully saturated rings. The van der Waals surface area contributed by atoms with Crippen LogP contribution >= 0.6 is 0 Å². The van der Waals surface area contributed by atoms with Gasteiger partial charge in [0.1, 0.15) is 0 Å². The average molecular weight is 218 g/mol. The predicted octanol–water partition coefficient (Wildman–Crippen LogP) is 0.747. The number of nitrogens with one attached hydrogen (secondary N) is 2. The number of methoxy groups -OCH3 is 1. The van der Waals surface area contributed by atoms with E-state index in [9.17, 15) is 4.79 Å². The number of rotatable bonds is 8. The van der Waals surface area contributed by atoms with Crippen LogP contribution < -0.4 is 10.6 Å². The zero-order valence-electron chi connectivity index (χ0n) is 9.84. The molecule has 1 amide bonds. The normalized spacial score (nSPS) is 12.2. The maximum Gasteiger partial charge on any atom is 0.407 e. The van der Waals surface area contributed by atoms with Crippen LogP contribution in [0.5, 0.6) is 0 Å². The molecule has 0 rings (SSSR count). The largest absolute Gasteiger partial charge is 0.450 e. The summed E-state index contributed by atoms with van der Waals surface area (Å²) in [5.41, 5.74) is 0. The van der Waals surface area contributed by atoms with E-state index in [0.717, 1.165) is 13.0 Å². The molecule has 0 aliphatic carbocycles. The van der Waals surface area contributed by atoms with E-state index in [1.54, 1.807) is 14.0 Å². The highest BCUT2D eigenvalue weighted by molar-refractivity contribution is 5.66. The summed E-state index contributed by atoms with van der Waals surface area (Å²) in [4.78, 5) is 10.9. The van der Waals surface area contributed by atoms with Crippen molar-refractivity contribution < 1.29 is 14.3 Å². The smallest absolute Gasteiger partial charge is 0.407 e. The highest BCUT2D eigenvalue weighted by atomic mass is 16.5. The van der Waals surface area contributed by atoms with Crippen LogP contribution in [0.15, 0.2) is 0 Å². The quantitative estimate of drug-likeness (QED) is 0.590. The third-order valence-electron chi connectivity index (χ3n) is 1.96. The van der Waals surface area contributed by atoms with Crippen molar-refractivity contribution in [3.05, 3.63) is 0 Å². The van der Waals surface area contributed by atoms with Gasteiger partial charge in [-0.2, -0.15) is 0 Å². The first-order chi connectivity index (χ1) is 7.24. The van der Waals surface area contributed by atoms with Crippen molar-refractivity contribution in [2.75, 3.05) is 33.4 Å². The van der Waals surface area contributed by atoms with E-state index in [1.807, 2.05) is 0 Å². The summed E-state index contributed by atoms with van der Waals surface area (Å²) in [6.07, 6.45) is 0.645. The molecule has 0 saturated heterocycles. The van der Waals surface area contributed by atoms with Crippen LogP contribution in [0.1, 0.15) is 20.3 Å². The Hall–Kier alpha value is -0.810. The summed E-state index contributed by atoms with van der Waals surface area (Å²) in [6.45, 7) is 6.26. The molecule has 0 spiro atoms. The molecule has 0 radical (unpaired) electrons. The Balaban J connectivity index is 3.39. The van der Waals surface area contributed by atoms with Crippen LogP contribution in [-0.2, 0) is 9.47 Å². The maximum absolute atomic E-state index is 10.9. The number of hydrogen-bond acceptors (Lipinski definition) is 4. The number of carbonyl (C=O) groups is 1. The Morgan fingerprint density at radius 1 is 1.33 bits per heavy atom. The van der Waals surface area contributed by atoms with Crippen LogP contribution in [0.4, 0.5) is 4.79 Å². The van der Waals surface area contributed by atoms with Crippen molar-refractivity contribution >= 4 is 6.09 Å². The van der Waals surface area contributed by atoms with E-state index in [1.165, 1.54) is 0 Å². The molecule has 90 valence electrons. The molecule has 0 aliphatic heterocycles. The van der Waals surface area contributed by atoms with Gasteiger partial charge in [-0.25, -0.2) is 4.79 Å². The van der Waals surface area contributed by atoms with Crippen LogP contribution in [-0.4, -0.2) is 45.5 Å². The van der Waals surface area contributed by atoms with Crippen LogP contribution in [0, 0.1) is 0 Å². The highest BCUT2D eigenvalue weighted by Gasteiger charge is 2.04. The fourth-order valence-corrected chi connectivity index (χ4v) is 1.15. The number of ether oxygens (including phenoxy) is 2. The monoisotopic (exact) mass is 218 g/mol. The number of carbonyl (C=O) groups excluding carboxylic acids is 1. The average Bonchev–Trinajstić information content (AvgIpc) is 2.23. The molecule has 0 bridgehead atoms. The Morgan fingerprint density at radius 2 is 2.07 bits per heavy atom. The van der Waals surface area contributed by atoms with Gasteiger partial charge >= 0.3 is 6.09 Å². The van der Waals surface area contributed by atoms with Crippen LogP contribution in [0.2, 0.25) is 0 Å². The highest BCUT2D eigenvalue weighted by Crippen LogP contribution is 1.89. The molecule has 5 heteroatoms. The molecule has 0 aromatic rings. The zero-order valence-corrected chi connectivity index (χ0v) is 9.84. The van der Waals surface area contributed by atoms with Crippen molar-refractivity contribution in [3.63, 3.8) is 0 Å². The van der Waals surface area contributed by atoms with Gasteiger partial charge in [0, 0.05) is 26.2 Å². The van der Waals surface area contributed by atoms with Gasteiger partial charge in [-0.05, 0) is 13.3 Å². The van der Waals surface area contributed by atoms with Crippen molar-refractivity contribution in [3.8, 4) is 0 Å². The van der Waals surface area contributed by atoms with Gasteiger partial charge in [0.2, 0.25) is 0 Å². The SMILES string of the molecule is CCOC(=O)NCCNC(CC)COC. The molecule has 15 heavy (non-hydrogen) atoms. The lowest BCUT2D eigenvalue weighted by molar-refractivity contribution is 0.150. The lowest BCUT2D eigenvalue weighted by Crippen LogP contribution is -2.39. The molecule has 2 N–H and O–H groups in total. The van der Waals surface area contributed by atoms with Gasteiger partial charge < -0.3 is 20.1 Å². The first-order valence-corrected chi connectivity index (χ1v) is 5.37. The van der Waals surface area contributed by atoms with Crippen molar-refractivity contribution in [1.82, 2.24) is 10.6 Å². The Bertz CT molecular complexity index is 165. The minimum atomic E-state index is -0.362. The zero-order chi connectivity index (χ0) is 11.5. The summed E-state index contributed by atoms with van der Waals surface area (Å²) in [5, 5.41) is 5.91. The van der Waals surface area contributed by atoms with Crippen molar-refractivity contribution in [1.29, 1.82) is 0 Å². The molecule has 0 saturated carbocycles. The summed E-state index contributed by atoms with van der Waals surface area (Å²) in [5.74, 6) is 0. The Labute approximate surface area is 91.5 Å². The topological polar surface area (TPSA) is 59.6 Å². The van der Waals surface area contributed by atoms with E-state index < -0.39 is 0 Å². The van der Waals surface area contributed by atoms with Gasteiger partial charge in [-0.3, -0.25) is 0 Å². The molecular weight excluding hydrogens is 196 g/mol. The lowest BCUT2D eigenvalue weighted by atomic mass is 10.2. The van der Waals surface area contributed by atoms with Gasteiger partial charge in [0.05, 0.1) is 13.2 Å². The van der Waals surface area contributed by atoms with E-state index in [0.29, 0.717) is 25.8 Å². The second-order valence-corrected chi connectivity index (χ2v) is 3.16. The number of hydrogen-bond donors (Lipinski definition) is 2. The third-order valence-corrected chi connectivity index (χ3v) is 1.96. The van der Waals surface area contributed by atoms with Crippen LogP contribution in [0.25, 0.3) is 0 Å². The predicted molar refractivity (Wildman–Crippen MR) is 59.0 cm³/mol. The summed E-state index contributed by atoms with van der Waals surface area (Å²) < 4.78 is 9.76. The second-order valence-electron chi connectivity index (χ2n) is 3.16. The van der Waals surface area contributed by atoms with E-state index in [-0.39, 0.29) is 6.09 Å². The Kier molecular flexibility index (Phi) is 9.21. The molecule has 1 unspecified atom stereocenters. The maximum atomic E-state index is 10.9. The first kappa shape index (κ1) is 14.2. The minimum Gasteiger partial charge on any atom is -0.450 e. The van der Waals surface area contributed by atoms with Gasteiger partial charge in [0.25, 0.3) is 0 Å². The summed E-state index contributed by atoms with van der Waals surface area (Å²) in [6, 6.07) is 0.346. The molecule has 1 atom stereocenters. The van der Waals surface area contributed by atoms with Crippen molar-refractivity contribution in [2.24, 2.45) is 0 Å². The molecule has 0 aromatic heterocycles. The fraction of sp³-hybridized carbons (Fsp3) is 0.900. The summed E-state index contributed by atoms with van der Waals surface area (Å²) >= 11 is 0. The molecule has 0 aliphatic rings. The fourth-order valence-electron chi connectivity index (χ4n) is 1.15. The molecule has 0 heterocycles. The van der Waals surface area contributed by atoms with Crippen LogP contribution in [0.3, 0.4) is 0 Å². The third kappa shape index (κ3) is 8.20. The molecule has 5 nitrogen and oxygen atoms in total. The number of alkyl carbamates (subject to hydrolysis) is 1. The van der Waals surface area contributed by atoms with E-state index in [2.05, 4.69) is 17.6 Å². The number of amides is 1. The molecule has 0 aromatic carbocycles. The van der Waals surface area contributed by atoms with Gasteiger partial charge in [-0.15, -0.1) is 0 Å². The lowest BCUT2D eigenvalue weighted by Gasteiger charge is -2.15. The van der Waals surface area contributed by atoms with Gasteiger partial charge in [0.15, 0.2) is 0 Å². The minimum absolute atomic E-state index is 0.346. The Morgan fingerprint density at radius 3 is 2.60 bits per heavy atom. The summed E-state index contributed by atoms with van der Waals surface area (Å²) in [7, 11) is 1.68. The second kappa shape index (κ2) is 9.73. The van der Waals surface area contributed by atoms with Gasteiger partial charge in [-0.1, -0.05) is 6.92 Å². The van der Waals surface area contributed by atoms with Crippen molar-refractivity contribution in [2.45, 2.75) is 26.3 Å². The van der Waals surface area contributed by atoms with E-state index >= 15 is 0 Å². The van der Waals surface area contributed by atoms with E-state index in [4.69, 9.17) is 9.47 Å². The first-order valence-electron chi connectivity index (χ1n) is 5.37. The standard InChI is InChI=1S/C10H22N2O3/c1-4-9(8-14-3)11-6-7-12-10(13)15-5-2/h9,11H,4-8H2,1-3H3,(H,12,13). The molecular formula is C10H22N2O3.